The van der Waals surface area contributed by atoms with Crippen molar-refractivity contribution in [1.29, 1.82) is 0 Å². The summed E-state index contributed by atoms with van der Waals surface area (Å²) < 4.78 is 94.9. The number of aromatic nitrogens is 2. The SMILES string of the molecule is [2H]C([2H])([2H])Oc1nc(C(=O)NS(=O)(=O)CC2CC2)ccc1NCC#Cc1cc2c(Br)cccn2c1CC(F)(F)F. The highest BCUT2D eigenvalue weighted by Gasteiger charge is 2.31. The lowest BCUT2D eigenvalue weighted by atomic mass is 10.2. The van der Waals surface area contributed by atoms with Crippen LogP contribution in [-0.4, -0.2) is 49.2 Å². The van der Waals surface area contributed by atoms with Crippen molar-refractivity contribution in [3.8, 4) is 17.7 Å². The van der Waals surface area contributed by atoms with Crippen molar-refractivity contribution >= 4 is 43.1 Å². The summed E-state index contributed by atoms with van der Waals surface area (Å²) in [6, 6.07) is 7.24. The second-order valence-corrected chi connectivity index (χ2v) is 11.0. The minimum Gasteiger partial charge on any atom is -0.480 e. The maximum absolute atomic E-state index is 13.2. The smallest absolute Gasteiger partial charge is 0.394 e. The van der Waals surface area contributed by atoms with Gasteiger partial charge in [0.15, 0.2) is 0 Å². The van der Waals surface area contributed by atoms with Crippen molar-refractivity contribution in [3.05, 3.63) is 58.0 Å². The molecule has 8 nitrogen and oxygen atoms in total. The van der Waals surface area contributed by atoms with Crippen LogP contribution in [0.1, 0.15) is 38.7 Å². The molecule has 1 aliphatic carbocycles. The molecule has 0 radical (unpaired) electrons. The Morgan fingerprint density at radius 1 is 1.35 bits per heavy atom. The Morgan fingerprint density at radius 3 is 2.84 bits per heavy atom. The second kappa shape index (κ2) is 10.6. The number of anilines is 1. The van der Waals surface area contributed by atoms with E-state index in [9.17, 15) is 26.4 Å². The lowest BCUT2D eigenvalue weighted by Gasteiger charge is -2.10. The Balaban J connectivity index is 1.54. The molecule has 1 amide bonds. The van der Waals surface area contributed by atoms with Gasteiger partial charge in [-0.05, 0) is 65.0 Å². The number of methoxy groups -OCH3 is 1. The van der Waals surface area contributed by atoms with Gasteiger partial charge in [0.05, 0.1) is 41.1 Å². The quantitative estimate of drug-likeness (QED) is 0.376. The normalized spacial score (nSPS) is 15.2. The average Bonchev–Trinajstić information content (AvgIpc) is 3.55. The number of rotatable bonds is 8. The van der Waals surface area contributed by atoms with Crippen LogP contribution >= 0.6 is 15.9 Å². The first-order chi connectivity index (χ1) is 18.6. The maximum atomic E-state index is 13.2. The van der Waals surface area contributed by atoms with E-state index in [-0.39, 0.29) is 35.2 Å². The third-order valence-corrected chi connectivity index (χ3v) is 7.49. The van der Waals surface area contributed by atoms with Crippen molar-refractivity contribution in [3.63, 3.8) is 0 Å². The van der Waals surface area contributed by atoms with Crippen LogP contribution < -0.4 is 14.8 Å². The van der Waals surface area contributed by atoms with Crippen LogP contribution in [0, 0.1) is 17.8 Å². The van der Waals surface area contributed by atoms with Crippen molar-refractivity contribution < 1.29 is 35.2 Å². The molecule has 4 rings (SSSR count). The molecule has 1 aliphatic rings. The summed E-state index contributed by atoms with van der Waals surface area (Å²) in [6.45, 7) is -0.154. The zero-order valence-electron chi connectivity index (χ0n) is 22.0. The number of hydrogen-bond donors (Lipinski definition) is 2. The van der Waals surface area contributed by atoms with Gasteiger partial charge in [0.2, 0.25) is 15.9 Å². The number of ether oxygens (including phenoxy) is 1. The van der Waals surface area contributed by atoms with Gasteiger partial charge in [-0.15, -0.1) is 0 Å². The largest absolute Gasteiger partial charge is 0.480 e. The number of carbonyl (C=O) groups is 1. The molecule has 0 bridgehead atoms. The third-order valence-electron chi connectivity index (χ3n) is 5.41. The minimum absolute atomic E-state index is 0.00294. The van der Waals surface area contributed by atoms with Crippen LogP contribution in [0.4, 0.5) is 18.9 Å². The summed E-state index contributed by atoms with van der Waals surface area (Å²) in [5.41, 5.74) is 0.241. The number of carbonyl (C=O) groups excluding carboxylic acids is 1. The Bertz CT molecular complexity index is 1610. The highest BCUT2D eigenvalue weighted by molar-refractivity contribution is 9.10. The molecular weight excluding hydrogens is 577 g/mol. The van der Waals surface area contributed by atoms with Gasteiger partial charge in [0.1, 0.15) is 5.69 Å². The lowest BCUT2D eigenvalue weighted by Crippen LogP contribution is -2.33. The topological polar surface area (TPSA) is 102 Å². The van der Waals surface area contributed by atoms with Crippen molar-refractivity contribution in [2.75, 3.05) is 24.7 Å². The van der Waals surface area contributed by atoms with Gasteiger partial charge in [0.25, 0.3) is 5.91 Å². The Kier molecular flexibility index (Phi) is 6.58. The van der Waals surface area contributed by atoms with E-state index in [1.807, 2.05) is 4.72 Å². The Hall–Kier alpha value is -3.24. The third kappa shape index (κ3) is 6.95. The molecule has 0 saturated heterocycles. The lowest BCUT2D eigenvalue weighted by molar-refractivity contribution is -0.128. The van der Waals surface area contributed by atoms with Gasteiger partial charge < -0.3 is 14.5 Å². The van der Waals surface area contributed by atoms with Crippen molar-refractivity contribution in [2.24, 2.45) is 5.92 Å². The van der Waals surface area contributed by atoms with Gasteiger partial charge in [-0.25, -0.2) is 18.1 Å². The van der Waals surface area contributed by atoms with E-state index in [4.69, 9.17) is 8.85 Å². The van der Waals surface area contributed by atoms with Gasteiger partial charge >= 0.3 is 6.18 Å². The van der Waals surface area contributed by atoms with Crippen LogP contribution in [0.15, 0.2) is 41.0 Å². The average molecular weight is 602 g/mol. The first kappa shape index (κ1) is 22.9. The zero-order valence-corrected chi connectivity index (χ0v) is 21.4. The fourth-order valence-electron chi connectivity index (χ4n) is 3.58. The standard InChI is InChI=1S/C24H22BrF3N4O4S/c1-36-23-19(9-8-18(30-23)22(33)31-37(34,35)14-15-6-7-15)29-10-2-4-16-12-20-17(25)5-3-11-32(20)21(16)13-24(26,27)28/h3,5,8-9,11-12,15,29H,6-7,10,13-14H2,1H3,(H,31,33)/i1D3. The second-order valence-electron chi connectivity index (χ2n) is 8.37. The molecule has 0 aliphatic heterocycles. The van der Waals surface area contributed by atoms with Crippen LogP contribution in [-0.2, 0) is 16.4 Å². The summed E-state index contributed by atoms with van der Waals surface area (Å²) in [4.78, 5) is 16.3. The summed E-state index contributed by atoms with van der Waals surface area (Å²) in [5.74, 6) is 3.65. The monoisotopic (exact) mass is 601 g/mol. The molecule has 3 aromatic rings. The van der Waals surface area contributed by atoms with E-state index < -0.39 is 47.1 Å². The summed E-state index contributed by atoms with van der Waals surface area (Å²) in [6.07, 6.45) is -2.65. The molecule has 2 N–H and O–H groups in total. The number of halogens is 4. The van der Waals surface area contributed by atoms with E-state index in [0.29, 0.717) is 9.99 Å². The van der Waals surface area contributed by atoms with Crippen LogP contribution in [0.25, 0.3) is 5.52 Å². The number of amides is 1. The minimum atomic E-state index is -4.47. The highest BCUT2D eigenvalue weighted by Crippen LogP contribution is 2.30. The molecular formula is C24H22BrF3N4O4S. The number of fused-ring (bicyclic) bond motifs is 1. The number of hydrogen-bond acceptors (Lipinski definition) is 6. The van der Waals surface area contributed by atoms with Gasteiger partial charge in [-0.2, -0.15) is 13.2 Å². The summed E-state index contributed by atoms with van der Waals surface area (Å²) in [7, 11) is -6.85. The fourth-order valence-corrected chi connectivity index (χ4v) is 5.47. The molecule has 0 spiro atoms. The van der Waals surface area contributed by atoms with E-state index in [1.54, 1.807) is 12.1 Å². The van der Waals surface area contributed by atoms with Crippen molar-refractivity contribution in [1.82, 2.24) is 14.1 Å². The number of sulfonamides is 1. The number of pyridine rings is 2. The van der Waals surface area contributed by atoms with Gasteiger partial charge in [0, 0.05) is 21.9 Å². The van der Waals surface area contributed by atoms with E-state index >= 15 is 0 Å². The molecule has 0 aromatic carbocycles. The van der Waals surface area contributed by atoms with E-state index in [0.717, 1.165) is 12.8 Å². The highest BCUT2D eigenvalue weighted by atomic mass is 79.9. The van der Waals surface area contributed by atoms with Crippen LogP contribution in [0.3, 0.4) is 0 Å². The van der Waals surface area contributed by atoms with E-state index in [2.05, 4.69) is 38.1 Å². The number of nitrogens with one attached hydrogen (secondary N) is 2. The first-order valence-corrected chi connectivity index (χ1v) is 13.4. The first-order valence-electron chi connectivity index (χ1n) is 12.4. The molecule has 1 saturated carbocycles. The molecule has 0 atom stereocenters. The predicted octanol–water partition coefficient (Wildman–Crippen LogP) is 4.14. The summed E-state index contributed by atoms with van der Waals surface area (Å²) in [5, 5.41) is 2.77. The zero-order chi connectivity index (χ0) is 29.3. The molecule has 0 unspecified atom stereocenters. The number of alkyl halides is 3. The number of nitrogens with zero attached hydrogens (tertiary/aromatic N) is 2. The predicted molar refractivity (Wildman–Crippen MR) is 135 cm³/mol. The molecule has 37 heavy (non-hydrogen) atoms. The molecule has 1 fully saturated rings. The van der Waals surface area contributed by atoms with Crippen LogP contribution in [0.2, 0.25) is 0 Å². The molecule has 196 valence electrons. The van der Waals surface area contributed by atoms with Gasteiger partial charge in [-0.3, -0.25) is 4.79 Å². The molecule has 13 heteroatoms. The summed E-state index contributed by atoms with van der Waals surface area (Å²) >= 11 is 3.32. The molecule has 3 heterocycles. The van der Waals surface area contributed by atoms with Crippen molar-refractivity contribution in [2.45, 2.75) is 25.4 Å². The fraction of sp³-hybridized carbons (Fsp3) is 0.333. The Morgan fingerprint density at radius 2 is 2.14 bits per heavy atom. The molecule has 3 aromatic heterocycles. The maximum Gasteiger partial charge on any atom is 0.394 e. The van der Waals surface area contributed by atoms with E-state index in [1.165, 1.54) is 28.8 Å². The Labute approximate surface area is 224 Å². The van der Waals surface area contributed by atoms with Gasteiger partial charge in [-0.1, -0.05) is 11.8 Å². The van der Waals surface area contributed by atoms with Crippen LogP contribution in [0.5, 0.6) is 5.88 Å².